The Balaban J connectivity index is 1.41. The first kappa shape index (κ1) is 18.6. The van der Waals surface area contributed by atoms with Crippen molar-refractivity contribution in [2.45, 2.75) is 44.7 Å². The Kier molecular flexibility index (Phi) is 4.18. The van der Waals surface area contributed by atoms with E-state index in [4.69, 9.17) is 0 Å². The van der Waals surface area contributed by atoms with Gasteiger partial charge in [0, 0.05) is 42.3 Å². The number of nitrogens with zero attached hydrogens (tertiary/aromatic N) is 4. The van der Waals surface area contributed by atoms with Gasteiger partial charge in [0.25, 0.3) is 0 Å². The second kappa shape index (κ2) is 6.53. The zero-order valence-corrected chi connectivity index (χ0v) is 17.8. The molecule has 1 saturated carbocycles. The predicted molar refractivity (Wildman–Crippen MR) is 115 cm³/mol. The number of aromatic amines is 1. The molecule has 0 radical (unpaired) electrons. The third-order valence-corrected chi connectivity index (χ3v) is 7.91. The summed E-state index contributed by atoms with van der Waals surface area (Å²) < 4.78 is 0. The van der Waals surface area contributed by atoms with E-state index in [0.717, 1.165) is 34.2 Å². The molecule has 2 bridgehead atoms. The molecule has 2 aromatic heterocycles. The molecule has 8 heteroatoms. The van der Waals surface area contributed by atoms with Gasteiger partial charge in [0.2, 0.25) is 5.13 Å². The molecule has 0 unspecified atom stereocenters. The highest BCUT2D eigenvalue weighted by Crippen LogP contribution is 2.48. The van der Waals surface area contributed by atoms with Gasteiger partial charge in [0.1, 0.15) is 5.75 Å². The number of rotatable bonds is 4. The van der Waals surface area contributed by atoms with Crippen LogP contribution in [0.2, 0.25) is 0 Å². The molecule has 1 aliphatic carbocycles. The van der Waals surface area contributed by atoms with E-state index < -0.39 is 0 Å². The third kappa shape index (κ3) is 3.11. The molecular weight excluding hydrogens is 384 g/mol. The maximum absolute atomic E-state index is 10.6. The fourth-order valence-corrected chi connectivity index (χ4v) is 5.68. The van der Waals surface area contributed by atoms with Crippen LogP contribution in [0.1, 0.15) is 33.1 Å². The molecule has 1 aromatic carbocycles. The number of benzene rings is 1. The average molecular weight is 411 g/mol. The Labute approximate surface area is 174 Å². The minimum absolute atomic E-state index is 0.203. The molecule has 29 heavy (non-hydrogen) atoms. The fraction of sp³-hybridized carbons (Fsp3) is 0.476. The van der Waals surface area contributed by atoms with Crippen LogP contribution in [0.25, 0.3) is 21.7 Å². The molecule has 152 valence electrons. The number of hydrogen-bond donors (Lipinski definition) is 3. The SMILES string of the molecule is CN(c1nnc(-c2ccc(-c3cn[nH]c3)cc2O)s1)[C@@H]1C[C@]2(C)CC[C@@]1(C)CN2. The number of phenolic OH excluding ortho intramolecular Hbond substituents is 1. The Hall–Kier alpha value is -2.45. The first-order valence-corrected chi connectivity index (χ1v) is 10.8. The van der Waals surface area contributed by atoms with Gasteiger partial charge < -0.3 is 15.3 Å². The summed E-state index contributed by atoms with van der Waals surface area (Å²) in [5.41, 5.74) is 3.01. The molecule has 6 rings (SSSR count). The van der Waals surface area contributed by atoms with Gasteiger partial charge in [-0.2, -0.15) is 5.10 Å². The predicted octanol–water partition coefficient (Wildman–Crippen LogP) is 3.66. The maximum atomic E-state index is 10.6. The first-order chi connectivity index (χ1) is 13.9. The highest BCUT2D eigenvalue weighted by molar-refractivity contribution is 7.18. The Morgan fingerprint density at radius 3 is 2.76 bits per heavy atom. The van der Waals surface area contributed by atoms with Crippen molar-refractivity contribution in [2.24, 2.45) is 5.41 Å². The van der Waals surface area contributed by atoms with Gasteiger partial charge in [0.15, 0.2) is 5.01 Å². The van der Waals surface area contributed by atoms with E-state index in [1.807, 2.05) is 12.1 Å². The van der Waals surface area contributed by atoms with Gasteiger partial charge >= 0.3 is 0 Å². The van der Waals surface area contributed by atoms with E-state index in [2.05, 4.69) is 51.5 Å². The fourth-order valence-electron chi connectivity index (χ4n) is 4.79. The molecule has 2 saturated heterocycles. The number of aromatic nitrogens is 4. The highest BCUT2D eigenvalue weighted by atomic mass is 32.1. The molecule has 3 N–H and O–H groups in total. The van der Waals surface area contributed by atoms with E-state index in [1.165, 1.54) is 24.2 Å². The summed E-state index contributed by atoms with van der Waals surface area (Å²) in [6.45, 7) is 5.75. The summed E-state index contributed by atoms with van der Waals surface area (Å²) in [4.78, 5) is 2.30. The Morgan fingerprint density at radius 1 is 1.21 bits per heavy atom. The lowest BCUT2D eigenvalue weighted by Crippen LogP contribution is -2.67. The van der Waals surface area contributed by atoms with Crippen LogP contribution in [0.4, 0.5) is 5.13 Å². The highest BCUT2D eigenvalue weighted by Gasteiger charge is 2.51. The monoisotopic (exact) mass is 410 g/mol. The summed E-state index contributed by atoms with van der Waals surface area (Å²) in [7, 11) is 2.13. The van der Waals surface area contributed by atoms with Gasteiger partial charge in [0.05, 0.1) is 11.8 Å². The van der Waals surface area contributed by atoms with E-state index >= 15 is 0 Å². The molecule has 0 amide bonds. The standard InChI is InChI=1S/C21H26N6OS/c1-20-6-7-21(2,22-12-20)9-17(20)27(3)19-26-25-18(29-19)15-5-4-13(8-16(15)28)14-10-23-24-11-14/h4-5,8,10-11,17,22,28H,6-7,9,12H2,1-3H3,(H,23,24)/t17-,20+,21+/m1/s1. The zero-order valence-electron chi connectivity index (χ0n) is 16.9. The van der Waals surface area contributed by atoms with E-state index in [1.54, 1.807) is 18.5 Å². The van der Waals surface area contributed by atoms with Crippen molar-refractivity contribution in [3.8, 4) is 27.4 Å². The lowest BCUT2D eigenvalue weighted by atomic mass is 9.61. The summed E-state index contributed by atoms with van der Waals surface area (Å²) in [5.74, 6) is 0.203. The number of phenols is 1. The summed E-state index contributed by atoms with van der Waals surface area (Å²) in [6.07, 6.45) is 7.11. The van der Waals surface area contributed by atoms with E-state index in [0.29, 0.717) is 11.6 Å². The minimum Gasteiger partial charge on any atom is -0.507 e. The number of aromatic hydroxyl groups is 1. The average Bonchev–Trinajstić information content (AvgIpc) is 3.40. The summed E-state index contributed by atoms with van der Waals surface area (Å²) in [6, 6.07) is 6.05. The normalized spacial score (nSPS) is 28.6. The molecule has 3 fully saturated rings. The van der Waals surface area contributed by atoms with Crippen LogP contribution in [0.15, 0.2) is 30.6 Å². The Bertz CT molecular complexity index is 1020. The number of anilines is 1. The van der Waals surface area contributed by atoms with E-state index in [9.17, 15) is 5.11 Å². The lowest BCUT2D eigenvalue weighted by molar-refractivity contribution is 0.0341. The quantitative estimate of drug-likeness (QED) is 0.608. The van der Waals surface area contributed by atoms with Crippen LogP contribution in [0, 0.1) is 5.41 Å². The van der Waals surface area contributed by atoms with Crippen LogP contribution < -0.4 is 10.2 Å². The van der Waals surface area contributed by atoms with Crippen LogP contribution in [0.5, 0.6) is 5.75 Å². The number of H-pyrrole nitrogens is 1. The topological polar surface area (TPSA) is 90.0 Å². The summed E-state index contributed by atoms with van der Waals surface area (Å²) in [5, 5.41) is 31.6. The maximum Gasteiger partial charge on any atom is 0.208 e. The molecule has 3 atom stereocenters. The van der Waals surface area contributed by atoms with Crippen molar-refractivity contribution >= 4 is 16.5 Å². The van der Waals surface area contributed by atoms with Crippen LogP contribution >= 0.6 is 11.3 Å². The zero-order chi connectivity index (χ0) is 20.2. The second-order valence-corrected chi connectivity index (χ2v) is 9.96. The van der Waals surface area contributed by atoms with Gasteiger partial charge in [-0.25, -0.2) is 0 Å². The van der Waals surface area contributed by atoms with Crippen LogP contribution in [0.3, 0.4) is 0 Å². The van der Waals surface area contributed by atoms with Gasteiger partial charge in [-0.15, -0.1) is 10.2 Å². The van der Waals surface area contributed by atoms with Crippen molar-refractivity contribution < 1.29 is 5.11 Å². The number of hydrogen-bond acceptors (Lipinski definition) is 7. The van der Waals surface area contributed by atoms with Crippen molar-refractivity contribution in [2.75, 3.05) is 18.5 Å². The van der Waals surface area contributed by atoms with Crippen molar-refractivity contribution in [3.05, 3.63) is 30.6 Å². The van der Waals surface area contributed by atoms with Crippen molar-refractivity contribution in [3.63, 3.8) is 0 Å². The minimum atomic E-state index is 0.203. The van der Waals surface area contributed by atoms with Crippen LogP contribution in [-0.4, -0.2) is 50.7 Å². The largest absolute Gasteiger partial charge is 0.507 e. The second-order valence-electron chi connectivity index (χ2n) is 9.01. The molecule has 3 aliphatic rings. The molecule has 2 aliphatic heterocycles. The van der Waals surface area contributed by atoms with Gasteiger partial charge in [-0.05, 0) is 43.9 Å². The van der Waals surface area contributed by atoms with Gasteiger partial charge in [-0.1, -0.05) is 24.3 Å². The first-order valence-electron chi connectivity index (χ1n) is 10.0. The lowest BCUT2D eigenvalue weighted by Gasteiger charge is -2.58. The molecule has 0 spiro atoms. The molecule has 7 nitrogen and oxygen atoms in total. The molecule has 4 heterocycles. The molecular formula is C21H26N6OS. The smallest absolute Gasteiger partial charge is 0.208 e. The number of fused-ring (bicyclic) bond motifs is 3. The number of nitrogens with one attached hydrogen (secondary N) is 2. The third-order valence-electron chi connectivity index (χ3n) is 6.86. The van der Waals surface area contributed by atoms with Crippen LogP contribution in [-0.2, 0) is 0 Å². The molecule has 3 aromatic rings. The van der Waals surface area contributed by atoms with Gasteiger partial charge in [-0.3, -0.25) is 5.10 Å². The number of piperidine rings is 2. The van der Waals surface area contributed by atoms with Crippen molar-refractivity contribution in [1.29, 1.82) is 0 Å². The van der Waals surface area contributed by atoms with Crippen molar-refractivity contribution in [1.82, 2.24) is 25.7 Å². The Morgan fingerprint density at radius 2 is 2.07 bits per heavy atom. The summed E-state index contributed by atoms with van der Waals surface area (Å²) >= 11 is 1.53. The van der Waals surface area contributed by atoms with E-state index in [-0.39, 0.29) is 16.7 Å².